The van der Waals surface area contributed by atoms with Gasteiger partial charge in [0, 0.05) is 6.42 Å². The minimum Gasteiger partial charge on any atom is -0.571 e. The SMILES string of the molecule is BOC1=CC=C(C)CC1. The van der Waals surface area contributed by atoms with Crippen LogP contribution in [0.25, 0.3) is 0 Å². The Bertz CT molecular complexity index is 158. The Kier molecular flexibility index (Phi) is 1.98. The van der Waals surface area contributed by atoms with E-state index < -0.39 is 0 Å². The lowest BCUT2D eigenvalue weighted by molar-refractivity contribution is 0.439. The molecule has 0 spiro atoms. The highest BCUT2D eigenvalue weighted by Gasteiger charge is 2.00. The van der Waals surface area contributed by atoms with Crippen LogP contribution in [0.5, 0.6) is 0 Å². The predicted molar refractivity (Wildman–Crippen MR) is 40.7 cm³/mol. The summed E-state index contributed by atoms with van der Waals surface area (Å²) in [7, 11) is 1.72. The molecule has 0 fully saturated rings. The minimum absolute atomic E-state index is 1.07. The fourth-order valence-electron chi connectivity index (χ4n) is 0.892. The van der Waals surface area contributed by atoms with E-state index in [0.717, 1.165) is 18.6 Å². The Morgan fingerprint density at radius 2 is 2.22 bits per heavy atom. The summed E-state index contributed by atoms with van der Waals surface area (Å²) in [6.07, 6.45) is 6.37. The van der Waals surface area contributed by atoms with Crippen LogP contribution in [0.3, 0.4) is 0 Å². The highest BCUT2D eigenvalue weighted by atomic mass is 16.4. The first-order chi connectivity index (χ1) is 4.33. The van der Waals surface area contributed by atoms with E-state index in [1.165, 1.54) is 5.57 Å². The first-order valence-electron chi connectivity index (χ1n) is 3.23. The first-order valence-corrected chi connectivity index (χ1v) is 3.23. The van der Waals surface area contributed by atoms with Gasteiger partial charge in [-0.25, -0.2) is 0 Å². The summed E-state index contributed by atoms with van der Waals surface area (Å²) in [6.45, 7) is 2.14. The van der Waals surface area contributed by atoms with Crippen LogP contribution in [0.4, 0.5) is 0 Å². The molecule has 0 aromatic carbocycles. The fourth-order valence-corrected chi connectivity index (χ4v) is 0.892. The molecule has 0 aromatic rings. The van der Waals surface area contributed by atoms with Crippen molar-refractivity contribution in [2.75, 3.05) is 0 Å². The third-order valence-corrected chi connectivity index (χ3v) is 1.58. The van der Waals surface area contributed by atoms with E-state index in [1.807, 2.05) is 6.08 Å². The molecule has 1 aliphatic rings. The van der Waals surface area contributed by atoms with E-state index in [2.05, 4.69) is 13.0 Å². The zero-order valence-electron chi connectivity index (χ0n) is 5.98. The Hall–Kier alpha value is -0.655. The van der Waals surface area contributed by atoms with Crippen LogP contribution in [0.2, 0.25) is 0 Å². The number of allylic oxidation sites excluding steroid dienone is 4. The Morgan fingerprint density at radius 1 is 1.44 bits per heavy atom. The second kappa shape index (κ2) is 2.76. The van der Waals surface area contributed by atoms with Crippen molar-refractivity contribution in [2.45, 2.75) is 19.8 Å². The lowest BCUT2D eigenvalue weighted by atomic mass is 10.1. The Morgan fingerprint density at radius 3 is 2.67 bits per heavy atom. The van der Waals surface area contributed by atoms with Crippen LogP contribution < -0.4 is 0 Å². The van der Waals surface area contributed by atoms with Gasteiger partial charge in [0.2, 0.25) is 0 Å². The predicted octanol–water partition coefficient (Wildman–Crippen LogP) is 1.18. The van der Waals surface area contributed by atoms with Crippen LogP contribution in [0, 0.1) is 0 Å². The molecule has 9 heavy (non-hydrogen) atoms. The standard InChI is InChI=1S/C7H11BO/c1-6-2-4-7(9-8)5-3-6/h2,4H,3,5,8H2,1H3. The molecule has 0 aromatic heterocycles. The molecule has 0 aliphatic heterocycles. The molecule has 0 saturated carbocycles. The van der Waals surface area contributed by atoms with Gasteiger partial charge in [-0.15, -0.1) is 0 Å². The third kappa shape index (κ3) is 1.63. The van der Waals surface area contributed by atoms with Crippen molar-refractivity contribution in [2.24, 2.45) is 0 Å². The molecule has 0 atom stereocenters. The molecule has 48 valence electrons. The molecule has 0 amide bonds. The monoisotopic (exact) mass is 122 g/mol. The molecule has 0 bridgehead atoms. The van der Waals surface area contributed by atoms with Gasteiger partial charge in [0.05, 0.1) is 5.76 Å². The number of hydrogen-bond donors (Lipinski definition) is 0. The first kappa shape index (κ1) is 6.46. The van der Waals surface area contributed by atoms with Crippen molar-refractivity contribution >= 4 is 8.05 Å². The molecule has 1 aliphatic carbocycles. The van der Waals surface area contributed by atoms with Crippen molar-refractivity contribution in [1.29, 1.82) is 0 Å². The van der Waals surface area contributed by atoms with Crippen LogP contribution in [0.1, 0.15) is 19.8 Å². The normalized spacial score (nSPS) is 18.3. The van der Waals surface area contributed by atoms with Crippen LogP contribution in [-0.4, -0.2) is 8.05 Å². The van der Waals surface area contributed by atoms with Gasteiger partial charge in [0.1, 0.15) is 0 Å². The van der Waals surface area contributed by atoms with Crippen LogP contribution >= 0.6 is 0 Å². The summed E-state index contributed by atoms with van der Waals surface area (Å²) >= 11 is 0. The molecule has 0 radical (unpaired) electrons. The van der Waals surface area contributed by atoms with Gasteiger partial charge in [0.15, 0.2) is 0 Å². The topological polar surface area (TPSA) is 9.23 Å². The summed E-state index contributed by atoms with van der Waals surface area (Å²) in [4.78, 5) is 0. The lowest BCUT2D eigenvalue weighted by Crippen LogP contribution is -1.93. The molecule has 1 nitrogen and oxygen atoms in total. The quantitative estimate of drug-likeness (QED) is 0.474. The summed E-state index contributed by atoms with van der Waals surface area (Å²) in [5, 5.41) is 0. The van der Waals surface area contributed by atoms with Gasteiger partial charge in [-0.3, -0.25) is 0 Å². The van der Waals surface area contributed by atoms with Gasteiger partial charge < -0.3 is 4.65 Å². The summed E-state index contributed by atoms with van der Waals surface area (Å²) in [6, 6.07) is 0. The van der Waals surface area contributed by atoms with E-state index in [4.69, 9.17) is 4.65 Å². The minimum atomic E-state index is 1.07. The maximum Gasteiger partial charge on any atom is 0.321 e. The van der Waals surface area contributed by atoms with E-state index in [-0.39, 0.29) is 0 Å². The molecule has 0 saturated heterocycles. The zero-order valence-corrected chi connectivity index (χ0v) is 5.98. The maximum absolute atomic E-state index is 5.06. The molecule has 0 N–H and O–H groups in total. The third-order valence-electron chi connectivity index (χ3n) is 1.58. The highest BCUT2D eigenvalue weighted by molar-refractivity contribution is 5.98. The second-order valence-electron chi connectivity index (χ2n) is 2.35. The van der Waals surface area contributed by atoms with Crippen molar-refractivity contribution in [3.8, 4) is 0 Å². The Balaban J connectivity index is 2.59. The van der Waals surface area contributed by atoms with Crippen molar-refractivity contribution in [3.63, 3.8) is 0 Å². The summed E-state index contributed by atoms with van der Waals surface area (Å²) < 4.78 is 5.06. The molecule has 2 heteroatoms. The highest BCUT2D eigenvalue weighted by Crippen LogP contribution is 2.16. The van der Waals surface area contributed by atoms with Gasteiger partial charge >= 0.3 is 8.05 Å². The molecular formula is C7H11BO. The summed E-state index contributed by atoms with van der Waals surface area (Å²) in [5.74, 6) is 1.10. The van der Waals surface area contributed by atoms with Crippen molar-refractivity contribution in [1.82, 2.24) is 0 Å². The largest absolute Gasteiger partial charge is 0.571 e. The van der Waals surface area contributed by atoms with E-state index in [1.54, 1.807) is 8.05 Å². The van der Waals surface area contributed by atoms with Crippen molar-refractivity contribution < 1.29 is 4.65 Å². The molecule has 0 unspecified atom stereocenters. The smallest absolute Gasteiger partial charge is 0.321 e. The second-order valence-corrected chi connectivity index (χ2v) is 2.35. The van der Waals surface area contributed by atoms with Crippen molar-refractivity contribution in [3.05, 3.63) is 23.5 Å². The average molecular weight is 122 g/mol. The summed E-state index contributed by atoms with van der Waals surface area (Å²) in [5.41, 5.74) is 1.44. The Labute approximate surface area is 56.8 Å². The zero-order chi connectivity index (χ0) is 6.69. The lowest BCUT2D eigenvalue weighted by Gasteiger charge is -2.10. The maximum atomic E-state index is 5.06. The molecular weight excluding hydrogens is 111 g/mol. The van der Waals surface area contributed by atoms with E-state index >= 15 is 0 Å². The number of hydrogen-bond acceptors (Lipinski definition) is 1. The van der Waals surface area contributed by atoms with E-state index in [0.29, 0.717) is 0 Å². The molecule has 1 rings (SSSR count). The van der Waals surface area contributed by atoms with Gasteiger partial charge in [-0.2, -0.15) is 0 Å². The van der Waals surface area contributed by atoms with Crippen LogP contribution in [0.15, 0.2) is 23.5 Å². The molecule has 0 heterocycles. The van der Waals surface area contributed by atoms with Crippen LogP contribution in [-0.2, 0) is 4.65 Å². The van der Waals surface area contributed by atoms with E-state index in [9.17, 15) is 0 Å². The van der Waals surface area contributed by atoms with Gasteiger partial charge in [-0.1, -0.05) is 11.6 Å². The van der Waals surface area contributed by atoms with Gasteiger partial charge in [0.25, 0.3) is 0 Å². The average Bonchev–Trinajstić information content (AvgIpc) is 1.90. The fraction of sp³-hybridized carbons (Fsp3) is 0.429. The van der Waals surface area contributed by atoms with Gasteiger partial charge in [-0.05, 0) is 19.4 Å². The number of rotatable bonds is 1.